The third kappa shape index (κ3) is 3.99. The van der Waals surface area contributed by atoms with Gasteiger partial charge in [-0.05, 0) is 48.7 Å². The van der Waals surface area contributed by atoms with Gasteiger partial charge in [0.05, 0.1) is 5.92 Å². The Hall–Kier alpha value is -1.58. The first kappa shape index (κ1) is 16.8. The average molecular weight is 320 g/mol. The quantitative estimate of drug-likeness (QED) is 0.936. The topological polar surface area (TPSA) is 40.5 Å². The van der Waals surface area contributed by atoms with Gasteiger partial charge in [-0.15, -0.1) is 12.4 Å². The highest BCUT2D eigenvalue weighted by molar-refractivity contribution is 5.85. The van der Waals surface area contributed by atoms with Crippen molar-refractivity contribution in [3.05, 3.63) is 48.0 Å². The van der Waals surface area contributed by atoms with Gasteiger partial charge in [0.25, 0.3) is 0 Å². The molecule has 0 spiro atoms. The fourth-order valence-electron chi connectivity index (χ4n) is 3.09. The van der Waals surface area contributed by atoms with Crippen LogP contribution in [0.4, 0.5) is 0 Å². The molecule has 3 nitrogen and oxygen atoms in total. The lowest BCUT2D eigenvalue weighted by atomic mass is 9.96. The molecular formula is C18H22ClNO2. The van der Waals surface area contributed by atoms with Gasteiger partial charge < -0.3 is 10.0 Å². The van der Waals surface area contributed by atoms with Crippen molar-refractivity contribution in [2.24, 2.45) is 5.92 Å². The van der Waals surface area contributed by atoms with Crippen LogP contribution < -0.4 is 0 Å². The molecule has 3 rings (SSSR count). The number of carboxylic acids is 1. The number of likely N-dealkylation sites (tertiary alicyclic amines) is 1. The second-order valence-electron chi connectivity index (χ2n) is 5.89. The van der Waals surface area contributed by atoms with E-state index in [1.165, 1.54) is 16.3 Å². The SMILES string of the molecule is Cl.O=C(O)C1CCN(CCc2ccc3ccccc3c2)CC1. The molecular weight excluding hydrogens is 298 g/mol. The Labute approximate surface area is 137 Å². The van der Waals surface area contributed by atoms with Crippen LogP contribution in [0.1, 0.15) is 18.4 Å². The van der Waals surface area contributed by atoms with Gasteiger partial charge in [-0.25, -0.2) is 0 Å². The summed E-state index contributed by atoms with van der Waals surface area (Å²) >= 11 is 0. The Morgan fingerprint density at radius 1 is 1.09 bits per heavy atom. The molecule has 0 aromatic heterocycles. The standard InChI is InChI=1S/C18H21NO2.ClH/c20-18(21)16-8-11-19(12-9-16)10-7-14-5-6-15-3-1-2-4-17(15)13-14;/h1-6,13,16H,7-12H2,(H,20,21);1H. The Balaban J connectivity index is 0.00000176. The molecule has 1 aliphatic rings. The number of carboxylic acid groups (broad SMARTS) is 1. The summed E-state index contributed by atoms with van der Waals surface area (Å²) in [6.07, 6.45) is 2.60. The predicted molar refractivity (Wildman–Crippen MR) is 91.7 cm³/mol. The second kappa shape index (κ2) is 7.61. The summed E-state index contributed by atoms with van der Waals surface area (Å²) < 4.78 is 0. The number of hydrogen-bond donors (Lipinski definition) is 1. The van der Waals surface area contributed by atoms with E-state index in [2.05, 4.69) is 47.4 Å². The molecule has 0 saturated carbocycles. The van der Waals surface area contributed by atoms with E-state index in [0.717, 1.165) is 38.9 Å². The summed E-state index contributed by atoms with van der Waals surface area (Å²) in [6, 6.07) is 15.1. The van der Waals surface area contributed by atoms with E-state index in [-0.39, 0.29) is 18.3 Å². The largest absolute Gasteiger partial charge is 0.481 e. The highest BCUT2D eigenvalue weighted by Gasteiger charge is 2.23. The summed E-state index contributed by atoms with van der Waals surface area (Å²) in [5, 5.41) is 11.6. The monoisotopic (exact) mass is 319 g/mol. The molecule has 0 bridgehead atoms. The van der Waals surface area contributed by atoms with Crippen LogP contribution in [-0.2, 0) is 11.2 Å². The highest BCUT2D eigenvalue weighted by atomic mass is 35.5. The van der Waals surface area contributed by atoms with Crippen LogP contribution in [0.3, 0.4) is 0 Å². The van der Waals surface area contributed by atoms with Crippen molar-refractivity contribution in [3.63, 3.8) is 0 Å². The summed E-state index contributed by atoms with van der Waals surface area (Å²) in [4.78, 5) is 13.3. The normalized spacial score (nSPS) is 16.4. The van der Waals surface area contributed by atoms with E-state index in [0.29, 0.717) is 0 Å². The van der Waals surface area contributed by atoms with Crippen molar-refractivity contribution in [3.8, 4) is 0 Å². The van der Waals surface area contributed by atoms with Crippen LogP contribution in [0.15, 0.2) is 42.5 Å². The second-order valence-corrected chi connectivity index (χ2v) is 5.89. The van der Waals surface area contributed by atoms with Gasteiger partial charge in [0.15, 0.2) is 0 Å². The first-order valence-corrected chi connectivity index (χ1v) is 7.65. The Morgan fingerprint density at radius 2 is 1.77 bits per heavy atom. The summed E-state index contributed by atoms with van der Waals surface area (Å²) in [6.45, 7) is 2.83. The zero-order chi connectivity index (χ0) is 14.7. The molecule has 118 valence electrons. The van der Waals surface area contributed by atoms with Crippen molar-refractivity contribution in [1.82, 2.24) is 4.90 Å². The predicted octanol–water partition coefficient (Wildman–Crippen LogP) is 3.60. The van der Waals surface area contributed by atoms with Crippen molar-refractivity contribution in [1.29, 1.82) is 0 Å². The summed E-state index contributed by atoms with van der Waals surface area (Å²) in [5.41, 5.74) is 1.36. The van der Waals surface area contributed by atoms with Gasteiger partial charge in [0.1, 0.15) is 0 Å². The molecule has 0 atom stereocenters. The van der Waals surface area contributed by atoms with Gasteiger partial charge in [0.2, 0.25) is 0 Å². The molecule has 22 heavy (non-hydrogen) atoms. The van der Waals surface area contributed by atoms with Gasteiger partial charge in [0, 0.05) is 6.54 Å². The molecule has 1 aliphatic heterocycles. The van der Waals surface area contributed by atoms with Crippen LogP contribution >= 0.6 is 12.4 Å². The maximum atomic E-state index is 10.9. The Morgan fingerprint density at radius 3 is 2.45 bits per heavy atom. The first-order valence-electron chi connectivity index (χ1n) is 7.65. The Bertz CT molecular complexity index is 636. The van der Waals surface area contributed by atoms with E-state index in [9.17, 15) is 4.79 Å². The third-order valence-corrected chi connectivity index (χ3v) is 4.47. The molecule has 4 heteroatoms. The van der Waals surface area contributed by atoms with E-state index < -0.39 is 5.97 Å². The number of nitrogens with zero attached hydrogens (tertiary/aromatic N) is 1. The molecule has 0 aliphatic carbocycles. The maximum absolute atomic E-state index is 10.9. The molecule has 0 radical (unpaired) electrons. The molecule has 1 N–H and O–H groups in total. The van der Waals surface area contributed by atoms with Crippen molar-refractivity contribution in [2.45, 2.75) is 19.3 Å². The fourth-order valence-corrected chi connectivity index (χ4v) is 3.09. The van der Waals surface area contributed by atoms with Gasteiger partial charge in [-0.3, -0.25) is 4.79 Å². The van der Waals surface area contributed by atoms with E-state index in [1.807, 2.05) is 0 Å². The van der Waals surface area contributed by atoms with Gasteiger partial charge >= 0.3 is 5.97 Å². The lowest BCUT2D eigenvalue weighted by molar-refractivity contribution is -0.143. The third-order valence-electron chi connectivity index (χ3n) is 4.47. The molecule has 0 amide bonds. The van der Waals surface area contributed by atoms with E-state index in [1.54, 1.807) is 0 Å². The smallest absolute Gasteiger partial charge is 0.306 e. The minimum absolute atomic E-state index is 0. The van der Waals surface area contributed by atoms with Gasteiger partial charge in [-0.1, -0.05) is 42.5 Å². The number of carbonyl (C=O) groups is 1. The minimum atomic E-state index is -0.635. The van der Waals surface area contributed by atoms with Crippen LogP contribution in [0, 0.1) is 5.92 Å². The van der Waals surface area contributed by atoms with E-state index in [4.69, 9.17) is 5.11 Å². The molecule has 1 saturated heterocycles. The van der Waals surface area contributed by atoms with Crippen LogP contribution in [-0.4, -0.2) is 35.6 Å². The van der Waals surface area contributed by atoms with Crippen molar-refractivity contribution in [2.75, 3.05) is 19.6 Å². The zero-order valence-electron chi connectivity index (χ0n) is 12.6. The lowest BCUT2D eigenvalue weighted by Gasteiger charge is -2.29. The number of benzene rings is 2. The van der Waals surface area contributed by atoms with Gasteiger partial charge in [-0.2, -0.15) is 0 Å². The van der Waals surface area contributed by atoms with Crippen LogP contribution in [0.5, 0.6) is 0 Å². The Kier molecular flexibility index (Phi) is 5.81. The lowest BCUT2D eigenvalue weighted by Crippen LogP contribution is -2.37. The minimum Gasteiger partial charge on any atom is -0.481 e. The molecule has 1 heterocycles. The number of piperidine rings is 1. The molecule has 1 fully saturated rings. The van der Waals surface area contributed by atoms with Crippen LogP contribution in [0.2, 0.25) is 0 Å². The van der Waals surface area contributed by atoms with Crippen molar-refractivity contribution < 1.29 is 9.90 Å². The van der Waals surface area contributed by atoms with E-state index >= 15 is 0 Å². The maximum Gasteiger partial charge on any atom is 0.306 e. The highest BCUT2D eigenvalue weighted by Crippen LogP contribution is 2.19. The number of aliphatic carboxylic acids is 1. The van der Waals surface area contributed by atoms with Crippen molar-refractivity contribution >= 4 is 29.1 Å². The first-order chi connectivity index (χ1) is 10.2. The molecule has 2 aromatic carbocycles. The average Bonchev–Trinajstić information content (AvgIpc) is 2.53. The molecule has 2 aromatic rings. The zero-order valence-corrected chi connectivity index (χ0v) is 13.4. The number of fused-ring (bicyclic) bond motifs is 1. The molecule has 0 unspecified atom stereocenters. The number of rotatable bonds is 4. The number of hydrogen-bond acceptors (Lipinski definition) is 2. The number of halogens is 1. The summed E-state index contributed by atoms with van der Waals surface area (Å²) in [7, 11) is 0. The fraction of sp³-hybridized carbons (Fsp3) is 0.389. The van der Waals surface area contributed by atoms with Crippen LogP contribution in [0.25, 0.3) is 10.8 Å². The summed E-state index contributed by atoms with van der Waals surface area (Å²) in [5.74, 6) is -0.772.